The Morgan fingerprint density at radius 2 is 1.91 bits per heavy atom. The number of hydrogen-bond donors (Lipinski definition) is 1. The highest BCUT2D eigenvalue weighted by Gasteiger charge is 2.27. The van der Waals surface area contributed by atoms with Crippen LogP contribution < -0.4 is 0 Å². The molecule has 0 aromatic heterocycles. The Morgan fingerprint density at radius 3 is 2.65 bits per heavy atom. The fourth-order valence-corrected chi connectivity index (χ4v) is 3.57. The van der Waals surface area contributed by atoms with E-state index < -0.39 is 5.97 Å². The molecule has 0 spiro atoms. The van der Waals surface area contributed by atoms with Crippen LogP contribution in [0.3, 0.4) is 0 Å². The van der Waals surface area contributed by atoms with Crippen LogP contribution in [-0.2, 0) is 33.6 Å². The number of aryl methyl sites for hydroxylation is 2. The maximum Gasteiger partial charge on any atom is 0.323 e. The van der Waals surface area contributed by atoms with Crippen LogP contribution in [0.1, 0.15) is 36.0 Å². The Morgan fingerprint density at radius 1 is 1.17 bits per heavy atom. The van der Waals surface area contributed by atoms with Crippen molar-refractivity contribution < 1.29 is 19.4 Å². The number of ether oxygens (including phenoxy) is 1. The third-order valence-electron chi connectivity index (χ3n) is 4.78. The lowest BCUT2D eigenvalue weighted by Crippen LogP contribution is -2.46. The summed E-state index contributed by atoms with van der Waals surface area (Å²) in [6.07, 6.45) is 5.08. The molecule has 0 atom stereocenters. The summed E-state index contributed by atoms with van der Waals surface area (Å²) < 4.78 is 5.32. The van der Waals surface area contributed by atoms with E-state index in [-0.39, 0.29) is 24.9 Å². The minimum Gasteiger partial charge on any atom is -0.480 e. The zero-order valence-electron chi connectivity index (χ0n) is 13.3. The van der Waals surface area contributed by atoms with Crippen molar-refractivity contribution in [1.29, 1.82) is 0 Å². The van der Waals surface area contributed by atoms with E-state index in [1.54, 1.807) is 0 Å². The largest absolute Gasteiger partial charge is 0.480 e. The first-order chi connectivity index (χ1) is 11.1. The molecule has 1 aliphatic carbocycles. The van der Waals surface area contributed by atoms with Crippen molar-refractivity contribution in [3.8, 4) is 0 Å². The number of aliphatic carboxylic acids is 1. The van der Waals surface area contributed by atoms with Crippen molar-refractivity contribution >= 4 is 11.9 Å². The number of carboxylic acids is 1. The molecular formula is C18H23NO4. The molecule has 1 heterocycles. The molecule has 124 valence electrons. The van der Waals surface area contributed by atoms with E-state index in [2.05, 4.69) is 12.1 Å². The lowest BCUT2D eigenvalue weighted by Gasteiger charge is -2.33. The molecule has 0 saturated carbocycles. The van der Waals surface area contributed by atoms with Crippen LogP contribution in [0.15, 0.2) is 18.2 Å². The van der Waals surface area contributed by atoms with Gasteiger partial charge in [-0.15, -0.1) is 0 Å². The molecule has 1 aromatic carbocycles. The molecule has 1 N–H and O–H groups in total. The summed E-state index contributed by atoms with van der Waals surface area (Å²) in [4.78, 5) is 25.3. The summed E-state index contributed by atoms with van der Waals surface area (Å²) in [5.41, 5.74) is 3.71. The summed E-state index contributed by atoms with van der Waals surface area (Å²) >= 11 is 0. The maximum absolute atomic E-state index is 12.7. The molecule has 1 saturated heterocycles. The van der Waals surface area contributed by atoms with E-state index in [1.165, 1.54) is 22.4 Å². The van der Waals surface area contributed by atoms with Crippen LogP contribution >= 0.6 is 0 Å². The number of amides is 1. The first-order valence-electron chi connectivity index (χ1n) is 8.33. The number of fused-ring (bicyclic) bond motifs is 1. The van der Waals surface area contributed by atoms with Gasteiger partial charge in [-0.1, -0.05) is 18.2 Å². The average Bonchev–Trinajstić information content (AvgIpc) is 3.01. The number of rotatable bonds is 5. The molecule has 3 rings (SSSR count). The third kappa shape index (κ3) is 3.91. The Labute approximate surface area is 136 Å². The number of carbonyl (C=O) groups is 2. The normalized spacial score (nSPS) is 17.7. The predicted molar refractivity (Wildman–Crippen MR) is 85.4 cm³/mol. The van der Waals surface area contributed by atoms with Crippen molar-refractivity contribution in [3.63, 3.8) is 0 Å². The van der Waals surface area contributed by atoms with Gasteiger partial charge in [-0.2, -0.15) is 0 Å². The Kier molecular flexibility index (Phi) is 4.96. The molecule has 1 fully saturated rings. The summed E-state index contributed by atoms with van der Waals surface area (Å²) in [5, 5.41) is 9.13. The number of carbonyl (C=O) groups excluding carboxylic acids is 1. The highest BCUT2D eigenvalue weighted by Crippen LogP contribution is 2.23. The molecule has 23 heavy (non-hydrogen) atoms. The van der Waals surface area contributed by atoms with Gasteiger partial charge in [0.05, 0.1) is 6.42 Å². The summed E-state index contributed by atoms with van der Waals surface area (Å²) in [5.74, 6) is -1.06. The van der Waals surface area contributed by atoms with Gasteiger partial charge in [-0.05, 0) is 48.8 Å². The molecule has 5 nitrogen and oxygen atoms in total. The van der Waals surface area contributed by atoms with Gasteiger partial charge in [0.2, 0.25) is 5.91 Å². The molecule has 1 aromatic rings. The molecule has 2 aliphatic rings. The third-order valence-corrected chi connectivity index (χ3v) is 4.78. The molecular weight excluding hydrogens is 294 g/mol. The molecule has 0 unspecified atom stereocenters. The average molecular weight is 317 g/mol. The monoisotopic (exact) mass is 317 g/mol. The first kappa shape index (κ1) is 16.0. The van der Waals surface area contributed by atoms with Gasteiger partial charge < -0.3 is 14.7 Å². The number of benzene rings is 1. The molecule has 0 bridgehead atoms. The molecule has 0 radical (unpaired) electrons. The summed E-state index contributed by atoms with van der Waals surface area (Å²) in [7, 11) is 0. The quantitative estimate of drug-likeness (QED) is 0.899. The van der Waals surface area contributed by atoms with Crippen LogP contribution in [0.25, 0.3) is 0 Å². The van der Waals surface area contributed by atoms with Crippen molar-refractivity contribution in [2.24, 2.45) is 0 Å². The van der Waals surface area contributed by atoms with Gasteiger partial charge in [-0.25, -0.2) is 0 Å². The zero-order chi connectivity index (χ0) is 16.2. The van der Waals surface area contributed by atoms with E-state index in [9.17, 15) is 9.59 Å². The fourth-order valence-electron chi connectivity index (χ4n) is 3.57. The minimum absolute atomic E-state index is 0.0261. The summed E-state index contributed by atoms with van der Waals surface area (Å²) in [6, 6.07) is 6.21. The van der Waals surface area contributed by atoms with E-state index >= 15 is 0 Å². The van der Waals surface area contributed by atoms with E-state index in [0.717, 1.165) is 18.4 Å². The lowest BCUT2D eigenvalue weighted by atomic mass is 10.0. The molecule has 1 amide bonds. The van der Waals surface area contributed by atoms with Gasteiger partial charge in [0, 0.05) is 19.3 Å². The maximum atomic E-state index is 12.7. The minimum atomic E-state index is -0.959. The first-order valence-corrected chi connectivity index (χ1v) is 8.33. The van der Waals surface area contributed by atoms with Crippen LogP contribution in [0.5, 0.6) is 0 Å². The summed E-state index contributed by atoms with van der Waals surface area (Å²) in [6.45, 7) is 0.953. The SMILES string of the molecule is O=C(O)CN(C(=O)Cc1ccc2c(c1)CCC2)C1CCOCC1. The van der Waals surface area contributed by atoms with Crippen molar-refractivity contribution in [3.05, 3.63) is 34.9 Å². The van der Waals surface area contributed by atoms with Gasteiger partial charge in [-0.3, -0.25) is 9.59 Å². The van der Waals surface area contributed by atoms with Gasteiger partial charge in [0.15, 0.2) is 0 Å². The highest BCUT2D eigenvalue weighted by atomic mass is 16.5. The smallest absolute Gasteiger partial charge is 0.323 e. The topological polar surface area (TPSA) is 66.8 Å². The van der Waals surface area contributed by atoms with E-state index in [4.69, 9.17) is 9.84 Å². The van der Waals surface area contributed by atoms with Crippen LogP contribution in [0.2, 0.25) is 0 Å². The van der Waals surface area contributed by atoms with E-state index in [1.807, 2.05) is 6.07 Å². The second-order valence-electron chi connectivity index (χ2n) is 6.39. The lowest BCUT2D eigenvalue weighted by molar-refractivity contribution is -0.147. The molecule has 1 aliphatic heterocycles. The highest BCUT2D eigenvalue weighted by molar-refractivity contribution is 5.83. The van der Waals surface area contributed by atoms with Crippen molar-refractivity contribution in [1.82, 2.24) is 4.90 Å². The second kappa shape index (κ2) is 7.13. The second-order valence-corrected chi connectivity index (χ2v) is 6.39. The number of nitrogens with zero attached hydrogens (tertiary/aromatic N) is 1. The van der Waals surface area contributed by atoms with E-state index in [0.29, 0.717) is 26.1 Å². The zero-order valence-corrected chi connectivity index (χ0v) is 13.3. The predicted octanol–water partition coefficient (Wildman–Crippen LogP) is 1.81. The van der Waals surface area contributed by atoms with Gasteiger partial charge in [0.25, 0.3) is 0 Å². The van der Waals surface area contributed by atoms with Crippen LogP contribution in [0, 0.1) is 0 Å². The van der Waals surface area contributed by atoms with Gasteiger partial charge >= 0.3 is 5.97 Å². The Balaban J connectivity index is 1.70. The standard InChI is InChI=1S/C18H23NO4/c20-17(11-13-4-5-14-2-1-3-15(14)10-13)19(12-18(21)22)16-6-8-23-9-7-16/h4-5,10,16H,1-3,6-9,11-12H2,(H,21,22). The van der Waals surface area contributed by atoms with Crippen molar-refractivity contribution in [2.75, 3.05) is 19.8 Å². The van der Waals surface area contributed by atoms with Crippen molar-refractivity contribution in [2.45, 2.75) is 44.6 Å². The van der Waals surface area contributed by atoms with Gasteiger partial charge in [0.1, 0.15) is 6.54 Å². The Hall–Kier alpha value is -1.88. The van der Waals surface area contributed by atoms with Crippen LogP contribution in [0.4, 0.5) is 0 Å². The number of carboxylic acid groups (broad SMARTS) is 1. The Bertz CT molecular complexity index is 593. The van der Waals surface area contributed by atoms with Crippen LogP contribution in [-0.4, -0.2) is 47.7 Å². The molecule has 5 heteroatoms. The number of hydrogen-bond acceptors (Lipinski definition) is 3. The fraction of sp³-hybridized carbons (Fsp3) is 0.556.